The molecule has 2 unspecified atom stereocenters. The molecule has 7 saturated heterocycles. The summed E-state index contributed by atoms with van der Waals surface area (Å²) < 4.78 is 92.0. The largest absolute Gasteiger partial charge is 0.479 e. The Kier molecular flexibility index (Phi) is 24.7. The van der Waals surface area contributed by atoms with E-state index in [2.05, 4.69) is 40.7 Å². The van der Waals surface area contributed by atoms with E-state index in [0.717, 1.165) is 18.8 Å². The van der Waals surface area contributed by atoms with Gasteiger partial charge in [-0.1, -0.05) is 53.2 Å². The van der Waals surface area contributed by atoms with Gasteiger partial charge in [0.05, 0.1) is 55.1 Å². The van der Waals surface area contributed by atoms with Crippen molar-refractivity contribution in [3.8, 4) is 0 Å². The Morgan fingerprint density at radius 3 is 1.60 bits per heavy atom. The highest BCUT2D eigenvalue weighted by Crippen LogP contribution is 2.76. The minimum Gasteiger partial charge on any atom is -0.479 e. The second-order valence-electron chi connectivity index (χ2n) is 34.0. The van der Waals surface area contributed by atoms with Gasteiger partial charge in [0.25, 0.3) is 0 Å². The quantitative estimate of drug-likeness (QED) is 0.0267. The first-order valence-corrected chi connectivity index (χ1v) is 37.7. The van der Waals surface area contributed by atoms with Crippen molar-refractivity contribution < 1.29 is 177 Å². The van der Waals surface area contributed by atoms with Gasteiger partial charge in [0.2, 0.25) is 6.29 Å². The molecule has 4 saturated carbocycles. The third kappa shape index (κ3) is 14.7. The Labute approximate surface area is 623 Å². The summed E-state index contributed by atoms with van der Waals surface area (Å²) in [7, 11) is 0. The average molecular weight is 1550 g/mol. The van der Waals surface area contributed by atoms with Crippen LogP contribution in [0.5, 0.6) is 0 Å². The van der Waals surface area contributed by atoms with Gasteiger partial charge in [-0.3, -0.25) is 9.59 Å². The number of carbonyl (C=O) groups is 4. The monoisotopic (exact) mass is 1550 g/mol. The Morgan fingerprint density at radius 2 is 1.01 bits per heavy atom. The Bertz CT molecular complexity index is 3200. The summed E-state index contributed by atoms with van der Waals surface area (Å²) >= 11 is 0. The second-order valence-corrected chi connectivity index (χ2v) is 34.0. The molecule has 17 N–H and O–H groups in total. The van der Waals surface area contributed by atoms with Crippen LogP contribution in [0.1, 0.15) is 133 Å². The molecule has 0 aromatic carbocycles. The number of ether oxygens (including phenoxy) is 15. The van der Waals surface area contributed by atoms with Crippen molar-refractivity contribution in [3.05, 3.63) is 11.6 Å². The molecule has 7 heterocycles. The predicted molar refractivity (Wildman–Crippen MR) is 355 cm³/mol. The molecule has 5 aliphatic carbocycles. The number of hydrogen-bond acceptors (Lipinski definition) is 35. The smallest absolute Gasteiger partial charge is 0.335 e. The van der Waals surface area contributed by atoms with Crippen LogP contribution in [-0.4, -0.2) is 340 Å². The van der Waals surface area contributed by atoms with Gasteiger partial charge in [-0.15, -0.1) is 0 Å². The van der Waals surface area contributed by atoms with E-state index in [0.29, 0.717) is 51.4 Å². The number of carbonyl (C=O) groups excluding carboxylic acids is 3. The van der Waals surface area contributed by atoms with Crippen LogP contribution in [0.25, 0.3) is 0 Å². The van der Waals surface area contributed by atoms with Gasteiger partial charge in [0, 0.05) is 6.92 Å². The lowest BCUT2D eigenvalue weighted by molar-refractivity contribution is -0.391. The van der Waals surface area contributed by atoms with E-state index in [1.807, 2.05) is 0 Å². The molecule has 0 amide bonds. The van der Waals surface area contributed by atoms with Crippen molar-refractivity contribution in [3.63, 3.8) is 0 Å². The van der Waals surface area contributed by atoms with Gasteiger partial charge in [-0.25, -0.2) is 4.79 Å². The highest BCUT2D eigenvalue weighted by molar-refractivity contribution is 5.79. The maximum absolute atomic E-state index is 16.2. The summed E-state index contributed by atoms with van der Waals surface area (Å²) in [6, 6.07) is 0. The lowest BCUT2D eigenvalue weighted by atomic mass is 9.33. The van der Waals surface area contributed by atoms with Gasteiger partial charge in [-0.05, 0) is 124 Å². The normalized spacial score (nSPS) is 53.8. The van der Waals surface area contributed by atoms with Crippen molar-refractivity contribution in [2.75, 3.05) is 19.8 Å². The Balaban J connectivity index is 0.838. The van der Waals surface area contributed by atoms with E-state index in [1.165, 1.54) is 20.8 Å². The number of allylic oxidation sites excluding steroid dienone is 2. The Hall–Kier alpha value is -3.34. The number of aliphatic carboxylic acids is 1. The molecule has 0 aromatic heterocycles. The number of rotatable bonds is 18. The van der Waals surface area contributed by atoms with Gasteiger partial charge in [0.15, 0.2) is 56.1 Å². The van der Waals surface area contributed by atoms with Crippen LogP contribution >= 0.6 is 0 Å². The maximum Gasteiger partial charge on any atom is 0.335 e. The van der Waals surface area contributed by atoms with Crippen molar-refractivity contribution >= 4 is 24.2 Å². The molecule has 0 spiro atoms. The Morgan fingerprint density at radius 1 is 0.491 bits per heavy atom. The highest BCUT2D eigenvalue weighted by atomic mass is 16.8. The number of aliphatic hydroxyl groups is 16. The highest BCUT2D eigenvalue weighted by Gasteiger charge is 2.72. The summed E-state index contributed by atoms with van der Waals surface area (Å²) in [5, 5.41) is 186. The fourth-order valence-corrected chi connectivity index (χ4v) is 20.4. The zero-order valence-electron chi connectivity index (χ0n) is 62.1. The predicted octanol–water partition coefficient (Wildman–Crippen LogP) is -4.36. The average Bonchev–Trinajstić information content (AvgIpc) is 0.673. The van der Waals surface area contributed by atoms with Crippen molar-refractivity contribution in [1.82, 2.24) is 0 Å². The number of aliphatic hydroxyl groups excluding tert-OH is 16. The number of carboxylic acids is 1. The first-order chi connectivity index (χ1) is 50.6. The standard InChI is InChI=1S/C72H112O36/c1-26-38(78)42(82)47(87)61(96-26)105-55-52(99-29(4)75)28(3)98-64(57(55)107-62-49(89)44(84)51(27(2)97-62)102-59-45(85)39(79)32(76)23-94-59)108-66(93)72-19-17-67(5,6)21-31(72)30-11-12-36-68(7)15-14-37(69(8,25-74)35(68)13-16-71(36,10)70(30,9)18-20-72)101-65-56(106-63-48(88)43(83)41(81)34(22-73)100-63)53(50(90)54(104-65)58(91)92)103-60-46(86)40(80)33(77)24-95-60/h11,25-28,31-57,59-65,73,76-90H,12-24H2,1-10H3,(H,91,92)/t26-,27+,28-,31+,32-,33-,34-,35?,36?,37+,38+,39+,40+,41+,42+,43+,44+,45-,46-,47-,48-,49-,50+,51+,52+,53+,54+,55+,56-,57-,59+,60+,61+,62+,63+,64+,65-,68+,69+,70-,71-,72+/m1/s1. The molecule has 12 rings (SSSR count). The number of hydrogen-bond donors (Lipinski definition) is 17. The van der Waals surface area contributed by atoms with Crippen molar-refractivity contribution in [2.45, 2.75) is 342 Å². The van der Waals surface area contributed by atoms with Gasteiger partial charge < -0.3 is 163 Å². The van der Waals surface area contributed by atoms with E-state index >= 15 is 4.79 Å². The zero-order valence-corrected chi connectivity index (χ0v) is 62.1. The molecule has 0 bridgehead atoms. The third-order valence-corrected chi connectivity index (χ3v) is 27.1. The second kappa shape index (κ2) is 31.7. The number of esters is 2. The lowest BCUT2D eigenvalue weighted by Gasteiger charge is -2.71. The summed E-state index contributed by atoms with van der Waals surface area (Å²) in [5.41, 5.74) is -3.81. The molecule has 0 aromatic rings. The third-order valence-electron chi connectivity index (χ3n) is 27.1. The number of aldehydes is 1. The SMILES string of the molecule is CC(=O)O[C@@H]1[C@H](O[C@@H]2O[C@H](C)[C@H](O)[C@H](O)[C@H]2O)[C@@H](O[C@@H]2O[C@@H](C)[C@H](O[C@@H]3OC[C@@H](O)[C@H](O)[C@H]3O)[C@@H](O)[C@H]2O)[C@H](OC(=O)[C@]23CCC(C)(C)C[C@H]2C2=CCC4[C@@]5(C)CC[C@H](O[C@@H]6O[C@H](C(=O)O)[C@@H](O)[C@H](O[C@@H]7OC[C@@H](O)[C@H](O)[C@H]7O)[C@H]6O[C@@H]6O[C@H](CO)[C@H](O)[C@H](O)[C@H]6O)[C@@](C)(C=O)C5CC[C@@]4(C)[C@]2(C)CC3)O[C@@H]1C. The summed E-state index contributed by atoms with van der Waals surface area (Å²) in [6.07, 6.45) is -52.7. The van der Waals surface area contributed by atoms with Crippen LogP contribution in [0.4, 0.5) is 0 Å². The topological polar surface area (TPSA) is 551 Å². The first kappa shape index (κ1) is 84.1. The minimum atomic E-state index is -2.22. The van der Waals surface area contributed by atoms with Gasteiger partial charge in [-0.2, -0.15) is 0 Å². The van der Waals surface area contributed by atoms with Crippen molar-refractivity contribution in [2.24, 2.45) is 50.2 Å². The summed E-state index contributed by atoms with van der Waals surface area (Å²) in [4.78, 5) is 56.6. The molecule has 36 nitrogen and oxygen atoms in total. The van der Waals surface area contributed by atoms with Crippen LogP contribution in [0.3, 0.4) is 0 Å². The van der Waals surface area contributed by atoms with E-state index in [9.17, 15) is 101 Å². The molecule has 108 heavy (non-hydrogen) atoms. The van der Waals surface area contributed by atoms with Crippen LogP contribution in [-0.2, 0) is 90.2 Å². The molecule has 7 aliphatic heterocycles. The zero-order chi connectivity index (χ0) is 78.9. The molecular weight excluding hydrogens is 1440 g/mol. The molecule has 42 atom stereocenters. The molecular formula is C72H112O36. The first-order valence-electron chi connectivity index (χ1n) is 37.7. The molecule has 36 heteroatoms. The fourth-order valence-electron chi connectivity index (χ4n) is 20.4. The van der Waals surface area contributed by atoms with Gasteiger partial charge in [0.1, 0.15) is 128 Å². The van der Waals surface area contributed by atoms with Crippen molar-refractivity contribution in [1.29, 1.82) is 0 Å². The molecule has 11 fully saturated rings. The van der Waals surface area contributed by atoms with E-state index < -0.39 is 285 Å². The van der Waals surface area contributed by atoms with E-state index in [4.69, 9.17) is 71.1 Å². The summed E-state index contributed by atoms with van der Waals surface area (Å²) in [6.45, 7) is 16.1. The number of carboxylic acid groups (broad SMARTS) is 1. The van der Waals surface area contributed by atoms with E-state index in [1.54, 1.807) is 6.92 Å². The minimum absolute atomic E-state index is 0.124. The fraction of sp³-hybridized carbons (Fsp3) is 0.917. The molecule has 12 aliphatic rings. The van der Waals surface area contributed by atoms with Gasteiger partial charge >= 0.3 is 17.9 Å². The van der Waals surface area contributed by atoms with Crippen LogP contribution in [0.2, 0.25) is 0 Å². The maximum atomic E-state index is 16.2. The van der Waals surface area contributed by atoms with Crippen LogP contribution in [0, 0.1) is 50.2 Å². The molecule has 616 valence electrons. The van der Waals surface area contributed by atoms with Crippen LogP contribution in [0.15, 0.2) is 11.6 Å². The number of fused-ring (bicyclic) bond motifs is 7. The molecule has 0 radical (unpaired) electrons. The van der Waals surface area contributed by atoms with E-state index in [-0.39, 0.29) is 24.2 Å². The lowest BCUT2D eigenvalue weighted by Crippen LogP contribution is -2.69. The van der Waals surface area contributed by atoms with Crippen LogP contribution < -0.4 is 0 Å². The summed E-state index contributed by atoms with van der Waals surface area (Å²) in [5.74, 6) is -4.38.